The third-order valence-corrected chi connectivity index (χ3v) is 5.07. The third kappa shape index (κ3) is 4.19. The summed E-state index contributed by atoms with van der Waals surface area (Å²) in [7, 11) is 0. The second-order valence-electron chi connectivity index (χ2n) is 6.83. The van der Waals surface area contributed by atoms with Crippen LogP contribution in [0.4, 0.5) is 0 Å². The molecule has 1 amide bonds. The Bertz CT molecular complexity index is 315. The molecule has 0 aromatic rings. The Morgan fingerprint density at radius 3 is 2.65 bits per heavy atom. The molecule has 1 aliphatic heterocycles. The van der Waals surface area contributed by atoms with E-state index in [2.05, 4.69) is 24.1 Å². The van der Waals surface area contributed by atoms with Gasteiger partial charge in [-0.15, -0.1) is 0 Å². The first-order chi connectivity index (χ1) is 9.58. The van der Waals surface area contributed by atoms with Crippen molar-refractivity contribution < 1.29 is 4.79 Å². The van der Waals surface area contributed by atoms with Crippen molar-refractivity contribution in [3.63, 3.8) is 0 Å². The van der Waals surface area contributed by atoms with Gasteiger partial charge in [0.05, 0.1) is 0 Å². The number of carbonyl (C=O) groups is 1. The quantitative estimate of drug-likeness (QED) is 0.825. The molecule has 2 fully saturated rings. The lowest BCUT2D eigenvalue weighted by atomic mass is 9.77. The molecule has 1 aliphatic carbocycles. The summed E-state index contributed by atoms with van der Waals surface area (Å²) in [6.45, 7) is 7.61. The van der Waals surface area contributed by atoms with Crippen molar-refractivity contribution in [1.29, 1.82) is 0 Å². The molecule has 4 heteroatoms. The monoisotopic (exact) mass is 281 g/mol. The molecule has 1 heterocycles. The normalized spacial score (nSPS) is 33.6. The molecule has 3 N–H and O–H groups in total. The molecule has 0 bridgehead atoms. The highest BCUT2D eigenvalue weighted by Gasteiger charge is 2.33. The van der Waals surface area contributed by atoms with Gasteiger partial charge in [0.25, 0.3) is 0 Å². The molecule has 4 nitrogen and oxygen atoms in total. The number of amides is 1. The first-order valence-corrected chi connectivity index (χ1v) is 8.36. The SMILES string of the molecule is CC(CN1CCCCC1)NC(=O)C1CCCC(N)C1C. The largest absolute Gasteiger partial charge is 0.352 e. The van der Waals surface area contributed by atoms with E-state index >= 15 is 0 Å². The van der Waals surface area contributed by atoms with E-state index in [1.165, 1.54) is 32.4 Å². The molecule has 0 radical (unpaired) electrons. The average Bonchev–Trinajstić information content (AvgIpc) is 2.42. The maximum Gasteiger partial charge on any atom is 0.223 e. The molecule has 116 valence electrons. The third-order valence-electron chi connectivity index (χ3n) is 5.07. The summed E-state index contributed by atoms with van der Waals surface area (Å²) >= 11 is 0. The van der Waals surface area contributed by atoms with Crippen LogP contribution in [0.25, 0.3) is 0 Å². The van der Waals surface area contributed by atoms with Gasteiger partial charge < -0.3 is 16.0 Å². The number of piperidine rings is 1. The van der Waals surface area contributed by atoms with E-state index in [-0.39, 0.29) is 23.9 Å². The van der Waals surface area contributed by atoms with E-state index in [9.17, 15) is 4.79 Å². The minimum absolute atomic E-state index is 0.113. The molecule has 20 heavy (non-hydrogen) atoms. The molecule has 1 saturated heterocycles. The summed E-state index contributed by atoms with van der Waals surface area (Å²) < 4.78 is 0. The van der Waals surface area contributed by atoms with Crippen LogP contribution < -0.4 is 11.1 Å². The minimum Gasteiger partial charge on any atom is -0.352 e. The fourth-order valence-corrected chi connectivity index (χ4v) is 3.69. The van der Waals surface area contributed by atoms with Gasteiger partial charge in [0.1, 0.15) is 0 Å². The molecule has 0 aromatic heterocycles. The average molecular weight is 281 g/mol. The number of nitrogens with two attached hydrogens (primary N) is 1. The lowest BCUT2D eigenvalue weighted by Gasteiger charge is -2.34. The van der Waals surface area contributed by atoms with E-state index < -0.39 is 0 Å². The predicted molar refractivity (Wildman–Crippen MR) is 82.4 cm³/mol. The number of rotatable bonds is 4. The van der Waals surface area contributed by atoms with E-state index in [4.69, 9.17) is 5.73 Å². The van der Waals surface area contributed by atoms with Crippen LogP contribution in [0.5, 0.6) is 0 Å². The smallest absolute Gasteiger partial charge is 0.223 e. The van der Waals surface area contributed by atoms with Crippen LogP contribution in [0, 0.1) is 11.8 Å². The summed E-state index contributed by atoms with van der Waals surface area (Å²) in [5.74, 6) is 0.644. The van der Waals surface area contributed by atoms with Gasteiger partial charge in [-0.05, 0) is 51.6 Å². The number of likely N-dealkylation sites (tertiary alicyclic amines) is 1. The number of nitrogens with zero attached hydrogens (tertiary/aromatic N) is 1. The van der Waals surface area contributed by atoms with Crippen molar-refractivity contribution in [2.24, 2.45) is 17.6 Å². The van der Waals surface area contributed by atoms with Gasteiger partial charge >= 0.3 is 0 Å². The number of carbonyl (C=O) groups excluding carboxylic acids is 1. The number of hydrogen-bond donors (Lipinski definition) is 2. The molecule has 2 aliphatic rings. The Morgan fingerprint density at radius 2 is 1.95 bits per heavy atom. The standard InChI is InChI=1S/C16H31N3O/c1-12(11-19-9-4-3-5-10-19)18-16(20)14-7-6-8-15(17)13(14)2/h12-15H,3-11,17H2,1-2H3,(H,18,20). The van der Waals surface area contributed by atoms with Crippen molar-refractivity contribution in [1.82, 2.24) is 10.2 Å². The van der Waals surface area contributed by atoms with Gasteiger partial charge in [-0.25, -0.2) is 0 Å². The highest BCUT2D eigenvalue weighted by molar-refractivity contribution is 5.79. The van der Waals surface area contributed by atoms with E-state index in [0.717, 1.165) is 25.8 Å². The number of nitrogens with one attached hydrogen (secondary N) is 1. The molecule has 2 rings (SSSR count). The summed E-state index contributed by atoms with van der Waals surface area (Å²) in [4.78, 5) is 14.9. The Kier molecular flexibility index (Phi) is 5.85. The van der Waals surface area contributed by atoms with E-state index in [1.807, 2.05) is 0 Å². The fourth-order valence-electron chi connectivity index (χ4n) is 3.69. The molecule has 0 spiro atoms. The van der Waals surface area contributed by atoms with Crippen LogP contribution in [-0.4, -0.2) is 42.5 Å². The fraction of sp³-hybridized carbons (Fsp3) is 0.938. The first kappa shape index (κ1) is 15.8. The zero-order valence-electron chi connectivity index (χ0n) is 13.1. The van der Waals surface area contributed by atoms with Gasteiger partial charge in [-0.1, -0.05) is 19.8 Å². The van der Waals surface area contributed by atoms with Crippen LogP contribution in [-0.2, 0) is 4.79 Å². The molecule has 4 unspecified atom stereocenters. The first-order valence-electron chi connectivity index (χ1n) is 8.36. The maximum absolute atomic E-state index is 12.4. The van der Waals surface area contributed by atoms with Crippen LogP contribution in [0.1, 0.15) is 52.4 Å². The Balaban J connectivity index is 1.77. The van der Waals surface area contributed by atoms with Crippen molar-refractivity contribution in [3.05, 3.63) is 0 Å². The van der Waals surface area contributed by atoms with Gasteiger partial charge in [-0.2, -0.15) is 0 Å². The predicted octanol–water partition coefficient (Wildman–Crippen LogP) is 1.74. The van der Waals surface area contributed by atoms with Gasteiger partial charge in [-0.3, -0.25) is 4.79 Å². The zero-order chi connectivity index (χ0) is 14.5. The molecule has 4 atom stereocenters. The summed E-state index contributed by atoms with van der Waals surface area (Å²) in [6, 6.07) is 0.433. The minimum atomic E-state index is 0.113. The Hall–Kier alpha value is -0.610. The van der Waals surface area contributed by atoms with Gasteiger partial charge in [0.2, 0.25) is 5.91 Å². The highest BCUT2D eigenvalue weighted by atomic mass is 16.2. The lowest BCUT2D eigenvalue weighted by Crippen LogP contribution is -2.49. The summed E-state index contributed by atoms with van der Waals surface area (Å²) in [6.07, 6.45) is 7.11. The zero-order valence-corrected chi connectivity index (χ0v) is 13.1. The second kappa shape index (κ2) is 7.41. The second-order valence-corrected chi connectivity index (χ2v) is 6.83. The van der Waals surface area contributed by atoms with Crippen molar-refractivity contribution in [3.8, 4) is 0 Å². The van der Waals surface area contributed by atoms with E-state index in [1.54, 1.807) is 0 Å². The van der Waals surface area contributed by atoms with Crippen molar-refractivity contribution in [2.75, 3.05) is 19.6 Å². The lowest BCUT2D eigenvalue weighted by molar-refractivity contribution is -0.128. The molecule has 0 aromatic carbocycles. The molecule has 1 saturated carbocycles. The van der Waals surface area contributed by atoms with Crippen LogP contribution in [0.2, 0.25) is 0 Å². The van der Waals surface area contributed by atoms with Gasteiger partial charge in [0.15, 0.2) is 0 Å². The highest BCUT2D eigenvalue weighted by Crippen LogP contribution is 2.29. The maximum atomic E-state index is 12.4. The van der Waals surface area contributed by atoms with Crippen LogP contribution in [0.15, 0.2) is 0 Å². The van der Waals surface area contributed by atoms with E-state index in [0.29, 0.717) is 5.92 Å². The Labute approximate surface area is 123 Å². The molecular formula is C16H31N3O. The van der Waals surface area contributed by atoms with Crippen molar-refractivity contribution >= 4 is 5.91 Å². The van der Waals surface area contributed by atoms with Crippen LogP contribution >= 0.6 is 0 Å². The van der Waals surface area contributed by atoms with Crippen LogP contribution in [0.3, 0.4) is 0 Å². The summed E-state index contributed by atoms with van der Waals surface area (Å²) in [5, 5.41) is 3.21. The molecular weight excluding hydrogens is 250 g/mol. The van der Waals surface area contributed by atoms with Crippen molar-refractivity contribution in [2.45, 2.75) is 64.5 Å². The topological polar surface area (TPSA) is 58.4 Å². The Morgan fingerprint density at radius 1 is 1.25 bits per heavy atom. The number of hydrogen-bond acceptors (Lipinski definition) is 3. The summed E-state index contributed by atoms with van der Waals surface area (Å²) in [5.41, 5.74) is 6.10. The van der Waals surface area contributed by atoms with Gasteiger partial charge in [0, 0.05) is 24.5 Å².